The van der Waals surface area contributed by atoms with Crippen molar-refractivity contribution < 1.29 is 4.84 Å². The molecule has 10 heavy (non-hydrogen) atoms. The average Bonchev–Trinajstić information content (AvgIpc) is 1.98. The maximum absolute atomic E-state index is 5.02. The van der Waals surface area contributed by atoms with Crippen molar-refractivity contribution in [3.05, 3.63) is 12.7 Å². The second-order valence-electron chi connectivity index (χ2n) is 1.81. The SMILES string of the molecule is C=CC(C)ONCC#CC. The van der Waals surface area contributed by atoms with E-state index in [0.717, 1.165) is 0 Å². The largest absolute Gasteiger partial charge is 0.294 e. The molecule has 1 unspecified atom stereocenters. The van der Waals surface area contributed by atoms with Crippen LogP contribution in [0.1, 0.15) is 13.8 Å². The lowest BCUT2D eigenvalue weighted by molar-refractivity contribution is 0.0180. The van der Waals surface area contributed by atoms with E-state index in [0.29, 0.717) is 6.54 Å². The van der Waals surface area contributed by atoms with Crippen LogP contribution in [-0.2, 0) is 4.84 Å². The summed E-state index contributed by atoms with van der Waals surface area (Å²) in [4.78, 5) is 5.02. The zero-order valence-electron chi connectivity index (χ0n) is 6.48. The minimum atomic E-state index is 0.0404. The third kappa shape index (κ3) is 5.36. The topological polar surface area (TPSA) is 21.3 Å². The molecule has 0 aliphatic rings. The first-order chi connectivity index (χ1) is 4.81. The first-order valence-corrected chi connectivity index (χ1v) is 3.22. The van der Waals surface area contributed by atoms with E-state index in [1.807, 2.05) is 6.92 Å². The molecule has 0 aromatic rings. The Morgan fingerprint density at radius 1 is 1.80 bits per heavy atom. The molecule has 0 saturated heterocycles. The summed E-state index contributed by atoms with van der Waals surface area (Å²) < 4.78 is 0. The van der Waals surface area contributed by atoms with Crippen molar-refractivity contribution in [3.8, 4) is 11.8 Å². The van der Waals surface area contributed by atoms with Crippen molar-refractivity contribution in [2.75, 3.05) is 6.54 Å². The van der Waals surface area contributed by atoms with E-state index >= 15 is 0 Å². The van der Waals surface area contributed by atoms with Gasteiger partial charge in [0, 0.05) is 0 Å². The minimum absolute atomic E-state index is 0.0404. The molecule has 0 aromatic heterocycles. The molecule has 0 aliphatic carbocycles. The Morgan fingerprint density at radius 2 is 2.50 bits per heavy atom. The molecular weight excluding hydrogens is 126 g/mol. The summed E-state index contributed by atoms with van der Waals surface area (Å²) in [7, 11) is 0. The lowest BCUT2D eigenvalue weighted by Gasteiger charge is -2.05. The van der Waals surface area contributed by atoms with Crippen molar-refractivity contribution in [1.29, 1.82) is 0 Å². The highest BCUT2D eigenvalue weighted by molar-refractivity contribution is 4.96. The van der Waals surface area contributed by atoms with Crippen LogP contribution in [0.5, 0.6) is 0 Å². The highest BCUT2D eigenvalue weighted by Gasteiger charge is 1.90. The number of rotatable bonds is 4. The molecule has 2 heteroatoms. The molecule has 0 amide bonds. The van der Waals surface area contributed by atoms with Gasteiger partial charge in [0.1, 0.15) is 0 Å². The van der Waals surface area contributed by atoms with E-state index in [1.54, 1.807) is 13.0 Å². The quantitative estimate of drug-likeness (QED) is 0.272. The van der Waals surface area contributed by atoms with Crippen LogP contribution in [0.15, 0.2) is 12.7 Å². The van der Waals surface area contributed by atoms with Crippen LogP contribution in [-0.4, -0.2) is 12.6 Å². The van der Waals surface area contributed by atoms with Gasteiger partial charge in [-0.1, -0.05) is 12.0 Å². The standard InChI is InChI=1S/C8H13NO/c1-4-6-7-9-10-8(3)5-2/h5,8-9H,2,7H2,1,3H3. The fourth-order valence-electron chi connectivity index (χ4n) is 0.346. The molecule has 0 bridgehead atoms. The van der Waals surface area contributed by atoms with E-state index in [1.165, 1.54) is 0 Å². The van der Waals surface area contributed by atoms with Crippen molar-refractivity contribution in [1.82, 2.24) is 5.48 Å². The fraction of sp³-hybridized carbons (Fsp3) is 0.500. The van der Waals surface area contributed by atoms with Crippen LogP contribution in [0, 0.1) is 11.8 Å². The van der Waals surface area contributed by atoms with Crippen LogP contribution in [0.2, 0.25) is 0 Å². The molecular formula is C8H13NO. The summed E-state index contributed by atoms with van der Waals surface area (Å²) in [6, 6.07) is 0. The molecule has 0 aromatic carbocycles. The van der Waals surface area contributed by atoms with Crippen molar-refractivity contribution in [2.24, 2.45) is 0 Å². The second-order valence-corrected chi connectivity index (χ2v) is 1.81. The molecule has 0 saturated carbocycles. The van der Waals surface area contributed by atoms with Crippen LogP contribution in [0.4, 0.5) is 0 Å². The van der Waals surface area contributed by atoms with Gasteiger partial charge in [0.2, 0.25) is 0 Å². The van der Waals surface area contributed by atoms with Gasteiger partial charge in [0.15, 0.2) is 0 Å². The van der Waals surface area contributed by atoms with Crippen LogP contribution >= 0.6 is 0 Å². The molecule has 56 valence electrons. The van der Waals surface area contributed by atoms with E-state index in [-0.39, 0.29) is 6.10 Å². The summed E-state index contributed by atoms with van der Waals surface area (Å²) >= 11 is 0. The Kier molecular flexibility index (Phi) is 5.85. The molecule has 0 aliphatic heterocycles. The molecule has 0 heterocycles. The second kappa shape index (κ2) is 6.34. The molecule has 1 N–H and O–H groups in total. The van der Waals surface area contributed by atoms with Gasteiger partial charge in [-0.15, -0.1) is 12.5 Å². The van der Waals surface area contributed by atoms with Gasteiger partial charge in [-0.2, -0.15) is 5.48 Å². The summed E-state index contributed by atoms with van der Waals surface area (Å²) in [5.74, 6) is 5.55. The van der Waals surface area contributed by atoms with Gasteiger partial charge in [-0.05, 0) is 13.8 Å². The first kappa shape index (κ1) is 9.22. The molecule has 0 rings (SSSR count). The maximum Gasteiger partial charge on any atom is 0.0940 e. The number of hydrogen-bond acceptors (Lipinski definition) is 2. The minimum Gasteiger partial charge on any atom is -0.294 e. The fourth-order valence-corrected chi connectivity index (χ4v) is 0.346. The molecule has 1 atom stereocenters. The summed E-state index contributed by atoms with van der Waals surface area (Å²) in [6.07, 6.45) is 1.76. The Balaban J connectivity index is 3.16. The van der Waals surface area contributed by atoms with Crippen molar-refractivity contribution in [3.63, 3.8) is 0 Å². The van der Waals surface area contributed by atoms with Crippen LogP contribution in [0.3, 0.4) is 0 Å². The van der Waals surface area contributed by atoms with Gasteiger partial charge in [0.25, 0.3) is 0 Å². The van der Waals surface area contributed by atoms with Gasteiger partial charge in [0.05, 0.1) is 12.6 Å². The number of hydroxylamine groups is 1. The van der Waals surface area contributed by atoms with Gasteiger partial charge in [-0.25, -0.2) is 0 Å². The highest BCUT2D eigenvalue weighted by Crippen LogP contribution is 1.84. The Morgan fingerprint density at radius 3 is 3.00 bits per heavy atom. The van der Waals surface area contributed by atoms with E-state index < -0.39 is 0 Å². The zero-order valence-corrected chi connectivity index (χ0v) is 6.48. The van der Waals surface area contributed by atoms with Crippen LogP contribution in [0.25, 0.3) is 0 Å². The smallest absolute Gasteiger partial charge is 0.0940 e. The summed E-state index contributed by atoms with van der Waals surface area (Å²) in [5.41, 5.74) is 2.69. The van der Waals surface area contributed by atoms with E-state index in [9.17, 15) is 0 Å². The summed E-state index contributed by atoms with van der Waals surface area (Å²) in [5, 5.41) is 0. The van der Waals surface area contributed by atoms with Gasteiger partial charge in [-0.3, -0.25) is 4.84 Å². The van der Waals surface area contributed by atoms with Crippen LogP contribution < -0.4 is 5.48 Å². The van der Waals surface area contributed by atoms with E-state index in [4.69, 9.17) is 4.84 Å². The lowest BCUT2D eigenvalue weighted by Crippen LogP contribution is -2.20. The third-order valence-electron chi connectivity index (χ3n) is 0.938. The highest BCUT2D eigenvalue weighted by atomic mass is 16.7. The van der Waals surface area contributed by atoms with Crippen molar-refractivity contribution in [2.45, 2.75) is 20.0 Å². The first-order valence-electron chi connectivity index (χ1n) is 3.22. The molecule has 0 fully saturated rings. The van der Waals surface area contributed by atoms with Crippen molar-refractivity contribution >= 4 is 0 Å². The molecule has 0 spiro atoms. The number of hydrogen-bond donors (Lipinski definition) is 1. The zero-order chi connectivity index (χ0) is 7.82. The average molecular weight is 139 g/mol. The summed E-state index contributed by atoms with van der Waals surface area (Å²) in [6.45, 7) is 7.82. The third-order valence-corrected chi connectivity index (χ3v) is 0.938. The maximum atomic E-state index is 5.02. The van der Waals surface area contributed by atoms with Gasteiger partial charge < -0.3 is 0 Å². The monoisotopic (exact) mass is 139 g/mol. The molecule has 2 nitrogen and oxygen atoms in total. The Bertz CT molecular complexity index is 143. The van der Waals surface area contributed by atoms with E-state index in [2.05, 4.69) is 23.9 Å². The lowest BCUT2D eigenvalue weighted by atomic mass is 10.4. The van der Waals surface area contributed by atoms with Gasteiger partial charge >= 0.3 is 0 Å². The predicted molar refractivity (Wildman–Crippen MR) is 42.2 cm³/mol. The predicted octanol–water partition coefficient (Wildman–Crippen LogP) is 1.11. The number of nitrogens with one attached hydrogen (secondary N) is 1. The Hall–Kier alpha value is -0.780. The molecule has 0 radical (unpaired) electrons. The Labute approximate surface area is 62.2 Å². The normalized spacial score (nSPS) is 11.4.